The lowest BCUT2D eigenvalue weighted by Crippen LogP contribution is -2.28. The second-order valence-electron chi connectivity index (χ2n) is 3.16. The number of halogens is 1. The molecule has 16 heavy (non-hydrogen) atoms. The average molecular weight is 245 g/mol. The zero-order valence-electron chi connectivity index (χ0n) is 9.47. The molecule has 0 atom stereocenters. The molecule has 1 rings (SSSR count). The number of para-hydroxylation sites is 2. The van der Waals surface area contributed by atoms with Crippen molar-refractivity contribution in [1.82, 2.24) is 0 Å². The molecule has 4 nitrogen and oxygen atoms in total. The minimum atomic E-state index is -0.0120. The molecule has 0 heterocycles. The highest BCUT2D eigenvalue weighted by atomic mass is 35.5. The minimum Gasteiger partial charge on any atom is -0.495 e. The number of ether oxygens (including phenoxy) is 1. The number of hydrogen-bond acceptors (Lipinski definition) is 3. The number of anilines is 1. The largest absolute Gasteiger partial charge is 0.495 e. The average Bonchev–Trinajstić information content (AvgIpc) is 2.28. The van der Waals surface area contributed by atoms with Crippen LogP contribution in [0.25, 0.3) is 0 Å². The maximum atomic E-state index is 11.6. The van der Waals surface area contributed by atoms with Crippen molar-refractivity contribution >= 4 is 24.0 Å². The molecule has 0 unspecified atom stereocenters. The first-order valence-electron chi connectivity index (χ1n) is 4.80. The third-order valence-corrected chi connectivity index (χ3v) is 2.18. The van der Waals surface area contributed by atoms with Crippen molar-refractivity contribution < 1.29 is 9.53 Å². The van der Waals surface area contributed by atoms with E-state index in [1.54, 1.807) is 19.1 Å². The van der Waals surface area contributed by atoms with Gasteiger partial charge in [0.1, 0.15) is 5.75 Å². The van der Waals surface area contributed by atoms with Gasteiger partial charge in [-0.2, -0.15) is 0 Å². The summed E-state index contributed by atoms with van der Waals surface area (Å²) in [6.45, 7) is 0.359. The van der Waals surface area contributed by atoms with Crippen molar-refractivity contribution in [1.29, 1.82) is 0 Å². The number of amides is 1. The molecule has 0 saturated carbocycles. The van der Waals surface area contributed by atoms with Crippen LogP contribution in [-0.4, -0.2) is 26.6 Å². The SMILES string of the molecule is COc1ccccc1N(C)C(=O)CCN.Cl. The van der Waals surface area contributed by atoms with Gasteiger partial charge in [-0.25, -0.2) is 0 Å². The zero-order valence-corrected chi connectivity index (χ0v) is 10.3. The van der Waals surface area contributed by atoms with Gasteiger partial charge in [0.05, 0.1) is 12.8 Å². The monoisotopic (exact) mass is 244 g/mol. The number of nitrogens with zero attached hydrogens (tertiary/aromatic N) is 1. The fraction of sp³-hybridized carbons (Fsp3) is 0.364. The van der Waals surface area contributed by atoms with Gasteiger partial charge in [0.2, 0.25) is 5.91 Å². The van der Waals surface area contributed by atoms with E-state index in [2.05, 4.69) is 0 Å². The second-order valence-corrected chi connectivity index (χ2v) is 3.16. The molecule has 2 N–H and O–H groups in total. The van der Waals surface area contributed by atoms with Crippen LogP contribution in [0.1, 0.15) is 6.42 Å². The number of hydrogen-bond donors (Lipinski definition) is 1. The lowest BCUT2D eigenvalue weighted by molar-refractivity contribution is -0.118. The molecule has 0 aromatic heterocycles. The fourth-order valence-electron chi connectivity index (χ4n) is 1.33. The Hall–Kier alpha value is -1.26. The number of nitrogens with two attached hydrogens (primary N) is 1. The van der Waals surface area contributed by atoms with Gasteiger partial charge in [0, 0.05) is 20.0 Å². The van der Waals surface area contributed by atoms with E-state index < -0.39 is 0 Å². The number of benzene rings is 1. The van der Waals surface area contributed by atoms with E-state index in [0.29, 0.717) is 18.7 Å². The standard InChI is InChI=1S/C11H16N2O2.ClH/c1-13(11(14)7-8-12)9-5-3-4-6-10(9)15-2;/h3-6H,7-8,12H2,1-2H3;1H. The third kappa shape index (κ3) is 3.40. The van der Waals surface area contributed by atoms with Gasteiger partial charge in [-0.1, -0.05) is 12.1 Å². The van der Waals surface area contributed by atoms with Gasteiger partial charge in [-0.15, -0.1) is 12.4 Å². The molecule has 90 valence electrons. The van der Waals surface area contributed by atoms with E-state index in [1.165, 1.54) is 0 Å². The second kappa shape index (κ2) is 7.09. The Kier molecular flexibility index (Phi) is 6.53. The Morgan fingerprint density at radius 2 is 2.06 bits per heavy atom. The molecule has 0 fully saturated rings. The van der Waals surface area contributed by atoms with Crippen molar-refractivity contribution in [3.63, 3.8) is 0 Å². The van der Waals surface area contributed by atoms with Crippen molar-refractivity contribution in [2.75, 3.05) is 25.6 Å². The van der Waals surface area contributed by atoms with Crippen LogP contribution in [0.4, 0.5) is 5.69 Å². The number of methoxy groups -OCH3 is 1. The summed E-state index contributed by atoms with van der Waals surface area (Å²) in [5, 5.41) is 0. The van der Waals surface area contributed by atoms with Gasteiger partial charge < -0.3 is 15.4 Å². The molecule has 1 aromatic rings. The van der Waals surface area contributed by atoms with Crippen LogP contribution in [-0.2, 0) is 4.79 Å². The summed E-state index contributed by atoms with van der Waals surface area (Å²) in [5.41, 5.74) is 6.10. The first-order valence-corrected chi connectivity index (χ1v) is 4.80. The molecule has 0 aliphatic rings. The smallest absolute Gasteiger partial charge is 0.228 e. The number of rotatable bonds is 4. The lowest BCUT2D eigenvalue weighted by atomic mass is 10.2. The first kappa shape index (κ1) is 14.7. The molecule has 1 aromatic carbocycles. The van der Waals surface area contributed by atoms with E-state index in [9.17, 15) is 4.79 Å². The van der Waals surface area contributed by atoms with Crippen molar-refractivity contribution in [3.05, 3.63) is 24.3 Å². The number of carbonyl (C=O) groups is 1. The van der Waals surface area contributed by atoms with Gasteiger partial charge in [-0.3, -0.25) is 4.79 Å². The highest BCUT2D eigenvalue weighted by Crippen LogP contribution is 2.26. The Morgan fingerprint density at radius 3 is 2.62 bits per heavy atom. The van der Waals surface area contributed by atoms with Gasteiger partial charge in [-0.05, 0) is 12.1 Å². The molecule has 0 aliphatic heterocycles. The Bertz CT molecular complexity index is 345. The Labute approximate surface area is 102 Å². The molecule has 0 saturated heterocycles. The van der Waals surface area contributed by atoms with Gasteiger partial charge in [0.25, 0.3) is 0 Å². The lowest BCUT2D eigenvalue weighted by Gasteiger charge is -2.19. The van der Waals surface area contributed by atoms with E-state index in [4.69, 9.17) is 10.5 Å². The molecular formula is C11H17ClN2O2. The highest BCUT2D eigenvalue weighted by Gasteiger charge is 2.13. The summed E-state index contributed by atoms with van der Waals surface area (Å²) in [6, 6.07) is 7.39. The maximum absolute atomic E-state index is 11.6. The molecule has 1 amide bonds. The third-order valence-electron chi connectivity index (χ3n) is 2.18. The quantitative estimate of drug-likeness (QED) is 0.872. The van der Waals surface area contributed by atoms with Crippen LogP contribution in [0.15, 0.2) is 24.3 Å². The predicted molar refractivity (Wildman–Crippen MR) is 67.3 cm³/mol. The van der Waals surface area contributed by atoms with Crippen molar-refractivity contribution in [2.24, 2.45) is 5.73 Å². The van der Waals surface area contributed by atoms with Crippen LogP contribution in [0, 0.1) is 0 Å². The van der Waals surface area contributed by atoms with Crippen LogP contribution < -0.4 is 15.4 Å². The summed E-state index contributed by atoms with van der Waals surface area (Å²) in [4.78, 5) is 13.2. The predicted octanol–water partition coefficient (Wildman–Crippen LogP) is 1.43. The van der Waals surface area contributed by atoms with E-state index in [0.717, 1.165) is 5.69 Å². The summed E-state index contributed by atoms with van der Waals surface area (Å²) in [5.74, 6) is 0.673. The van der Waals surface area contributed by atoms with Gasteiger partial charge in [0.15, 0.2) is 0 Å². The summed E-state index contributed by atoms with van der Waals surface area (Å²) < 4.78 is 5.17. The normalized spacial score (nSPS) is 9.19. The molecule has 0 aliphatic carbocycles. The summed E-state index contributed by atoms with van der Waals surface area (Å²) in [6.07, 6.45) is 0.342. The maximum Gasteiger partial charge on any atom is 0.228 e. The van der Waals surface area contributed by atoms with Gasteiger partial charge >= 0.3 is 0 Å². The first-order chi connectivity index (χ1) is 7.20. The fourth-order valence-corrected chi connectivity index (χ4v) is 1.33. The summed E-state index contributed by atoms with van der Waals surface area (Å²) >= 11 is 0. The van der Waals surface area contributed by atoms with Crippen LogP contribution in [0.2, 0.25) is 0 Å². The van der Waals surface area contributed by atoms with Crippen LogP contribution in [0.3, 0.4) is 0 Å². The summed E-state index contributed by atoms with van der Waals surface area (Å²) in [7, 11) is 3.30. The van der Waals surface area contributed by atoms with E-state index in [-0.39, 0.29) is 18.3 Å². The molecule has 5 heteroatoms. The zero-order chi connectivity index (χ0) is 11.3. The molecular weight excluding hydrogens is 228 g/mol. The van der Waals surface area contributed by atoms with E-state index >= 15 is 0 Å². The van der Waals surface area contributed by atoms with Crippen LogP contribution in [0.5, 0.6) is 5.75 Å². The molecule has 0 spiro atoms. The van der Waals surface area contributed by atoms with Crippen molar-refractivity contribution in [2.45, 2.75) is 6.42 Å². The minimum absolute atomic E-state index is 0. The van der Waals surface area contributed by atoms with E-state index in [1.807, 2.05) is 24.3 Å². The highest BCUT2D eigenvalue weighted by molar-refractivity contribution is 5.94. The topological polar surface area (TPSA) is 55.6 Å². The Morgan fingerprint density at radius 1 is 1.44 bits per heavy atom. The molecule has 0 radical (unpaired) electrons. The Balaban J connectivity index is 0.00000225. The number of carbonyl (C=O) groups excluding carboxylic acids is 1. The molecule has 0 bridgehead atoms. The van der Waals surface area contributed by atoms with Crippen molar-refractivity contribution in [3.8, 4) is 5.75 Å². The van der Waals surface area contributed by atoms with Crippen LogP contribution >= 0.6 is 12.4 Å².